The number of carbonyl (C=O) groups excluding carboxylic acids is 1. The smallest absolute Gasteiger partial charge is 0.309 e. The van der Waals surface area contributed by atoms with Gasteiger partial charge in [-0.15, -0.1) is 0 Å². The number of nitrogens with zero attached hydrogens (tertiary/aromatic N) is 2. The van der Waals surface area contributed by atoms with E-state index in [0.717, 1.165) is 0 Å². The quantitative estimate of drug-likeness (QED) is 0.737. The third-order valence-electron chi connectivity index (χ3n) is 2.79. The van der Waals surface area contributed by atoms with Gasteiger partial charge in [0.1, 0.15) is 5.82 Å². The fraction of sp³-hybridized carbons (Fsp3) is 0.667. The minimum absolute atomic E-state index is 0.126. The van der Waals surface area contributed by atoms with E-state index in [1.165, 1.54) is 4.57 Å². The summed E-state index contributed by atoms with van der Waals surface area (Å²) in [5.74, 6) is -4.12. The summed E-state index contributed by atoms with van der Waals surface area (Å²) >= 11 is 0. The topological polar surface area (TPSA) is 44.1 Å². The Morgan fingerprint density at radius 3 is 3.38 bits per heavy atom. The Morgan fingerprint density at radius 1 is 1.94 bits per heavy atom. The van der Waals surface area contributed by atoms with Gasteiger partial charge in [0.05, 0.1) is 16.6 Å². The molecule has 0 N–H and O–H groups in total. The van der Waals surface area contributed by atoms with E-state index in [9.17, 15) is 4.79 Å². The number of hydrogen-bond acceptors (Lipinski definition) is 3. The molecule has 1 saturated heterocycles. The lowest BCUT2D eigenvalue weighted by atomic mass is 9.89. The van der Waals surface area contributed by atoms with Crippen LogP contribution in [-0.4, -0.2) is 22.1 Å². The molecule has 0 radical (unpaired) electrons. The minimum Gasteiger partial charge on any atom is -0.465 e. The summed E-state index contributed by atoms with van der Waals surface area (Å²) in [4.78, 5) is 15.9. The highest BCUT2D eigenvalue weighted by Crippen LogP contribution is 2.28. The molecule has 0 aromatic carbocycles. The summed E-state index contributed by atoms with van der Waals surface area (Å²) in [6.07, 6.45) is -1.12. The summed E-state index contributed by atoms with van der Waals surface area (Å²) < 4.78 is 60.2. The summed E-state index contributed by atoms with van der Waals surface area (Å²) in [6.45, 7) is -3.49. The Bertz CT molecular complexity index is 640. The van der Waals surface area contributed by atoms with Gasteiger partial charge in [-0.1, -0.05) is 6.85 Å². The SMILES string of the molecule is [2H]c1nc(C)n(C)c1C[C@]1([2H])[C@H](CC([2H])([2H])[2H])C(=O)OC1([2H])[2H]. The van der Waals surface area contributed by atoms with Crippen LogP contribution in [0.4, 0.5) is 0 Å². The molecule has 1 aliphatic heterocycles. The van der Waals surface area contributed by atoms with Crippen LogP contribution >= 0.6 is 0 Å². The maximum atomic E-state index is 11.9. The molecule has 1 aromatic heterocycles. The zero-order valence-electron chi connectivity index (χ0n) is 16.2. The van der Waals surface area contributed by atoms with E-state index in [4.69, 9.17) is 9.60 Å². The normalized spacial score (nSPS) is 39.8. The molecule has 1 aromatic rings. The second-order valence-corrected chi connectivity index (χ2v) is 3.76. The molecule has 0 unspecified atom stereocenters. The molecule has 16 heavy (non-hydrogen) atoms. The van der Waals surface area contributed by atoms with Crippen LogP contribution in [0, 0.1) is 18.7 Å². The van der Waals surface area contributed by atoms with Crippen LogP contribution in [0.15, 0.2) is 6.17 Å². The number of imidazole rings is 1. The molecule has 4 heteroatoms. The first-order valence-electron chi connectivity index (χ1n) is 8.50. The maximum absolute atomic E-state index is 11.9. The predicted molar refractivity (Wildman–Crippen MR) is 59.9 cm³/mol. The van der Waals surface area contributed by atoms with Crippen LogP contribution in [0.25, 0.3) is 0 Å². The van der Waals surface area contributed by atoms with Crippen molar-refractivity contribution in [2.75, 3.05) is 6.56 Å². The first-order valence-corrected chi connectivity index (χ1v) is 5.00. The third-order valence-corrected chi connectivity index (χ3v) is 2.79. The molecule has 0 spiro atoms. The van der Waals surface area contributed by atoms with Gasteiger partial charge in [-0.25, -0.2) is 4.98 Å². The summed E-state index contributed by atoms with van der Waals surface area (Å²) in [7, 11) is 1.62. The van der Waals surface area contributed by atoms with Crippen molar-refractivity contribution in [1.82, 2.24) is 9.55 Å². The lowest BCUT2D eigenvalue weighted by Crippen LogP contribution is -2.18. The molecule has 2 atom stereocenters. The molecular weight excluding hydrogens is 204 g/mol. The van der Waals surface area contributed by atoms with Gasteiger partial charge in [-0.05, 0) is 19.8 Å². The van der Waals surface area contributed by atoms with Crippen LogP contribution in [0.1, 0.15) is 34.4 Å². The lowest BCUT2D eigenvalue weighted by Gasteiger charge is -2.13. The fourth-order valence-electron chi connectivity index (χ4n) is 1.60. The molecule has 4 nitrogen and oxygen atoms in total. The molecule has 88 valence electrons. The van der Waals surface area contributed by atoms with Crippen molar-refractivity contribution in [3.8, 4) is 0 Å². The highest BCUT2D eigenvalue weighted by Gasteiger charge is 2.35. The molecular formula is C12H18N2O2. The van der Waals surface area contributed by atoms with Gasteiger partial charge in [0.15, 0.2) is 0 Å². The summed E-state index contributed by atoms with van der Waals surface area (Å²) in [6, 6.07) is 0. The molecule has 0 bridgehead atoms. The van der Waals surface area contributed by atoms with Gasteiger partial charge in [0.2, 0.25) is 0 Å². The minimum atomic E-state index is -2.65. The Labute approximate surface area is 105 Å². The van der Waals surface area contributed by atoms with Crippen molar-refractivity contribution in [1.29, 1.82) is 0 Å². The molecule has 2 heterocycles. The Morgan fingerprint density at radius 2 is 2.75 bits per heavy atom. The number of ether oxygens (including phenoxy) is 1. The van der Waals surface area contributed by atoms with Gasteiger partial charge in [-0.2, -0.15) is 0 Å². The monoisotopic (exact) mass is 229 g/mol. The van der Waals surface area contributed by atoms with Crippen LogP contribution in [0.3, 0.4) is 0 Å². The Kier molecular flexibility index (Phi) is 1.43. The number of hydrogen-bond donors (Lipinski definition) is 0. The molecule has 1 fully saturated rings. The average molecular weight is 229 g/mol. The summed E-state index contributed by atoms with van der Waals surface area (Å²) in [5.41, 5.74) is 0.259. The third kappa shape index (κ3) is 1.84. The van der Waals surface area contributed by atoms with E-state index >= 15 is 0 Å². The maximum Gasteiger partial charge on any atom is 0.309 e. The number of carbonyl (C=O) groups is 1. The zero-order valence-corrected chi connectivity index (χ0v) is 9.20. The van der Waals surface area contributed by atoms with E-state index in [2.05, 4.69) is 9.72 Å². The van der Waals surface area contributed by atoms with Crippen molar-refractivity contribution in [2.24, 2.45) is 18.9 Å². The molecule has 1 aliphatic rings. The number of cyclic esters (lactones) is 1. The molecule has 0 aliphatic carbocycles. The average Bonchev–Trinajstić information content (AvgIpc) is 2.68. The van der Waals surface area contributed by atoms with Crippen LogP contribution in [0.5, 0.6) is 0 Å². The van der Waals surface area contributed by atoms with Crippen molar-refractivity contribution in [3.63, 3.8) is 0 Å². The van der Waals surface area contributed by atoms with Crippen molar-refractivity contribution in [3.05, 3.63) is 17.7 Å². The highest BCUT2D eigenvalue weighted by atomic mass is 16.5. The number of esters is 1. The standard InChI is InChI=1S/C12H18N2O2/c1-4-11-9(7-16-12(11)15)5-10-6-13-8(2)14(10)3/h6,9,11H,4-5,7H2,1-3H3/t9-,11-/m0/s1/i1D3,6D,7D2,9D. The van der Waals surface area contributed by atoms with E-state index < -0.39 is 37.6 Å². The van der Waals surface area contributed by atoms with Gasteiger partial charge >= 0.3 is 5.97 Å². The van der Waals surface area contributed by atoms with Gasteiger partial charge in [0.25, 0.3) is 0 Å². The predicted octanol–water partition coefficient (Wildman–Crippen LogP) is 1.47. The van der Waals surface area contributed by atoms with E-state index in [-0.39, 0.29) is 18.3 Å². The van der Waals surface area contributed by atoms with Gasteiger partial charge in [0, 0.05) is 30.3 Å². The molecule has 2 rings (SSSR count). The van der Waals surface area contributed by atoms with Gasteiger partial charge < -0.3 is 9.30 Å². The number of aromatic nitrogens is 2. The molecule has 0 amide bonds. The first-order chi connectivity index (χ1) is 10.3. The fourth-order valence-corrected chi connectivity index (χ4v) is 1.60. The lowest BCUT2D eigenvalue weighted by molar-refractivity contribution is -0.141. The number of rotatable bonds is 3. The summed E-state index contributed by atoms with van der Waals surface area (Å²) in [5, 5.41) is 0. The van der Waals surface area contributed by atoms with E-state index in [0.29, 0.717) is 5.82 Å². The number of aryl methyl sites for hydroxylation is 1. The Hall–Kier alpha value is -1.32. The van der Waals surface area contributed by atoms with Gasteiger partial charge in [-0.3, -0.25) is 4.79 Å². The van der Waals surface area contributed by atoms with Crippen molar-refractivity contribution >= 4 is 5.97 Å². The van der Waals surface area contributed by atoms with Crippen LogP contribution in [-0.2, 0) is 23.0 Å². The first kappa shape index (κ1) is 5.34. The van der Waals surface area contributed by atoms with Crippen LogP contribution < -0.4 is 0 Å². The van der Waals surface area contributed by atoms with Crippen LogP contribution in [0.2, 0.25) is 0 Å². The Balaban J connectivity index is 2.46. The van der Waals surface area contributed by atoms with Crippen molar-refractivity contribution in [2.45, 2.75) is 26.6 Å². The van der Waals surface area contributed by atoms with E-state index in [1.807, 2.05) is 0 Å². The largest absolute Gasteiger partial charge is 0.465 e. The molecule has 0 saturated carbocycles. The second kappa shape index (κ2) is 4.28. The highest BCUT2D eigenvalue weighted by molar-refractivity contribution is 5.74. The van der Waals surface area contributed by atoms with E-state index in [1.54, 1.807) is 14.0 Å². The van der Waals surface area contributed by atoms with Crippen molar-refractivity contribution < 1.29 is 19.1 Å². The zero-order chi connectivity index (χ0) is 17.8. The second-order valence-electron chi connectivity index (χ2n) is 3.76.